The summed E-state index contributed by atoms with van der Waals surface area (Å²) in [7, 11) is 0. The molecule has 0 spiro atoms. The number of hydrogen-bond donors (Lipinski definition) is 1. The molecule has 0 heterocycles. The van der Waals surface area contributed by atoms with Crippen molar-refractivity contribution in [3.8, 4) is 0 Å². The maximum atomic E-state index is 12.2. The number of amides is 1. The molecule has 28 heavy (non-hydrogen) atoms. The number of rotatable bonds is 11. The van der Waals surface area contributed by atoms with Crippen LogP contribution in [-0.4, -0.2) is 28.7 Å². The predicted octanol–water partition coefficient (Wildman–Crippen LogP) is 6.46. The number of esters is 1. The van der Waals surface area contributed by atoms with Crippen LogP contribution >= 0.6 is 22.6 Å². The highest BCUT2D eigenvalue weighted by molar-refractivity contribution is 14.1. The topological polar surface area (TPSA) is 64.6 Å². The molecule has 1 amide bonds. The van der Waals surface area contributed by atoms with Gasteiger partial charge in [-0.2, -0.15) is 0 Å². The Labute approximate surface area is 183 Å². The van der Waals surface area contributed by atoms with Crippen LogP contribution < -0.4 is 5.32 Å². The summed E-state index contributed by atoms with van der Waals surface area (Å²) in [6.07, 6.45) is 6.57. The van der Waals surface area contributed by atoms with E-state index in [4.69, 9.17) is 9.47 Å². The van der Waals surface area contributed by atoms with Crippen LogP contribution in [0, 0.1) is 0 Å². The largest absolute Gasteiger partial charge is 0.465 e. The van der Waals surface area contributed by atoms with Gasteiger partial charge < -0.3 is 9.47 Å². The van der Waals surface area contributed by atoms with E-state index in [1.165, 1.54) is 30.1 Å². The van der Waals surface area contributed by atoms with Crippen LogP contribution in [0.25, 0.3) is 0 Å². The summed E-state index contributed by atoms with van der Waals surface area (Å²) in [5.74, 6) is -0.544. The Balaban J connectivity index is 2.34. The van der Waals surface area contributed by atoms with Gasteiger partial charge in [0.05, 0.1) is 12.5 Å². The van der Waals surface area contributed by atoms with Crippen LogP contribution in [0.3, 0.4) is 0 Å². The van der Waals surface area contributed by atoms with E-state index in [1.54, 1.807) is 12.1 Å². The molecule has 1 unspecified atom stereocenters. The number of carbonyl (C=O) groups is 2. The van der Waals surface area contributed by atoms with E-state index in [2.05, 4.69) is 27.9 Å². The molecule has 0 radical (unpaired) electrons. The van der Waals surface area contributed by atoms with E-state index in [0.29, 0.717) is 12.3 Å². The Kier molecular flexibility index (Phi) is 11.5. The van der Waals surface area contributed by atoms with Crippen molar-refractivity contribution in [1.29, 1.82) is 0 Å². The minimum absolute atomic E-state index is 0.210. The number of anilines is 1. The summed E-state index contributed by atoms with van der Waals surface area (Å²) in [5, 5.41) is 2.68. The van der Waals surface area contributed by atoms with Gasteiger partial charge in [-0.1, -0.05) is 60.4 Å². The van der Waals surface area contributed by atoms with Crippen molar-refractivity contribution < 1.29 is 19.1 Å². The first kappa shape index (κ1) is 24.7. The maximum Gasteiger partial charge on any atom is 0.412 e. The fraction of sp³-hybridized carbons (Fsp3) is 0.636. The Hall–Kier alpha value is -1.31. The van der Waals surface area contributed by atoms with Gasteiger partial charge in [-0.3, -0.25) is 10.1 Å². The highest BCUT2D eigenvalue weighted by atomic mass is 127. The van der Waals surface area contributed by atoms with Crippen LogP contribution in [0.2, 0.25) is 0 Å². The Morgan fingerprint density at radius 3 is 2.14 bits per heavy atom. The lowest BCUT2D eigenvalue weighted by atomic mass is 10.0. The van der Waals surface area contributed by atoms with Gasteiger partial charge in [-0.05, 0) is 62.7 Å². The fourth-order valence-electron chi connectivity index (χ4n) is 2.61. The summed E-state index contributed by atoms with van der Waals surface area (Å²) in [5.41, 5.74) is 0.942. The van der Waals surface area contributed by atoms with Gasteiger partial charge in [0, 0.05) is 5.69 Å². The molecular formula is C22H34INO4. The van der Waals surface area contributed by atoms with Gasteiger partial charge in [0.2, 0.25) is 0 Å². The SMILES string of the molecule is CC(C(=O)OCCCCCCCCI)c1ccc(NC(=O)OC(C)(C)C)cc1. The fourth-order valence-corrected chi connectivity index (χ4v) is 3.15. The third kappa shape index (κ3) is 10.9. The quantitative estimate of drug-likeness (QED) is 0.163. The summed E-state index contributed by atoms with van der Waals surface area (Å²) in [4.78, 5) is 24.0. The van der Waals surface area contributed by atoms with Crippen LogP contribution in [-0.2, 0) is 14.3 Å². The van der Waals surface area contributed by atoms with Crippen molar-refractivity contribution in [2.45, 2.75) is 77.7 Å². The van der Waals surface area contributed by atoms with E-state index in [-0.39, 0.29) is 11.9 Å². The summed E-state index contributed by atoms with van der Waals surface area (Å²) < 4.78 is 11.9. The molecule has 0 aromatic heterocycles. The predicted molar refractivity (Wildman–Crippen MR) is 122 cm³/mol. The first-order valence-electron chi connectivity index (χ1n) is 10.1. The van der Waals surface area contributed by atoms with E-state index < -0.39 is 11.7 Å². The van der Waals surface area contributed by atoms with Crippen molar-refractivity contribution in [1.82, 2.24) is 0 Å². The van der Waals surface area contributed by atoms with E-state index >= 15 is 0 Å². The number of halogens is 1. The van der Waals surface area contributed by atoms with Crippen molar-refractivity contribution >= 4 is 40.3 Å². The second-order valence-electron chi connectivity index (χ2n) is 7.95. The molecule has 1 rings (SSSR count). The number of alkyl halides is 1. The first-order valence-corrected chi connectivity index (χ1v) is 11.6. The molecule has 5 nitrogen and oxygen atoms in total. The minimum atomic E-state index is -0.544. The van der Waals surface area contributed by atoms with Crippen LogP contribution in [0.15, 0.2) is 24.3 Å². The monoisotopic (exact) mass is 503 g/mol. The highest BCUT2D eigenvalue weighted by Crippen LogP contribution is 2.20. The van der Waals surface area contributed by atoms with E-state index in [0.717, 1.165) is 18.4 Å². The molecule has 158 valence electrons. The average molecular weight is 503 g/mol. The van der Waals surface area contributed by atoms with Gasteiger partial charge in [-0.15, -0.1) is 0 Å². The lowest BCUT2D eigenvalue weighted by molar-refractivity contribution is -0.145. The lowest BCUT2D eigenvalue weighted by Gasteiger charge is -2.19. The van der Waals surface area contributed by atoms with Crippen LogP contribution in [0.5, 0.6) is 0 Å². The molecule has 0 aliphatic carbocycles. The van der Waals surface area contributed by atoms with Crippen molar-refractivity contribution in [2.75, 3.05) is 16.4 Å². The Morgan fingerprint density at radius 2 is 1.57 bits per heavy atom. The molecule has 0 aliphatic heterocycles. The lowest BCUT2D eigenvalue weighted by Crippen LogP contribution is -2.27. The molecule has 1 aromatic carbocycles. The average Bonchev–Trinajstić information content (AvgIpc) is 2.62. The van der Waals surface area contributed by atoms with Gasteiger partial charge in [0.15, 0.2) is 0 Å². The molecule has 0 bridgehead atoms. The standard InChI is InChI=1S/C22H34INO4/c1-17(20(25)27-16-10-8-6-5-7-9-15-23)18-11-13-19(14-12-18)24-21(26)28-22(2,3)4/h11-14,17H,5-10,15-16H2,1-4H3,(H,24,26). The Morgan fingerprint density at radius 1 is 1.00 bits per heavy atom. The van der Waals surface area contributed by atoms with Gasteiger partial charge in [0.25, 0.3) is 0 Å². The van der Waals surface area contributed by atoms with E-state index in [9.17, 15) is 9.59 Å². The number of carbonyl (C=O) groups excluding carboxylic acids is 2. The highest BCUT2D eigenvalue weighted by Gasteiger charge is 2.18. The molecule has 0 saturated heterocycles. The zero-order valence-corrected chi connectivity index (χ0v) is 19.7. The Bertz CT molecular complexity index is 596. The molecular weight excluding hydrogens is 469 g/mol. The molecule has 1 N–H and O–H groups in total. The van der Waals surface area contributed by atoms with Gasteiger partial charge in [-0.25, -0.2) is 4.79 Å². The third-order valence-electron chi connectivity index (χ3n) is 4.18. The number of benzene rings is 1. The van der Waals surface area contributed by atoms with E-state index in [1.807, 2.05) is 39.8 Å². The summed E-state index contributed by atoms with van der Waals surface area (Å²) in [6, 6.07) is 7.18. The molecule has 0 saturated carbocycles. The zero-order chi connectivity index (χ0) is 21.0. The minimum Gasteiger partial charge on any atom is -0.465 e. The summed E-state index contributed by atoms with van der Waals surface area (Å²) >= 11 is 2.41. The number of nitrogens with one attached hydrogen (secondary N) is 1. The first-order chi connectivity index (χ1) is 13.2. The number of ether oxygens (including phenoxy) is 2. The third-order valence-corrected chi connectivity index (χ3v) is 4.94. The maximum absolute atomic E-state index is 12.2. The second-order valence-corrected chi connectivity index (χ2v) is 9.03. The molecule has 1 atom stereocenters. The normalized spacial score (nSPS) is 12.3. The van der Waals surface area contributed by atoms with Crippen molar-refractivity contribution in [3.05, 3.63) is 29.8 Å². The van der Waals surface area contributed by atoms with Crippen molar-refractivity contribution in [2.24, 2.45) is 0 Å². The van der Waals surface area contributed by atoms with Gasteiger partial charge in [0.1, 0.15) is 5.60 Å². The number of unbranched alkanes of at least 4 members (excludes halogenated alkanes) is 5. The van der Waals surface area contributed by atoms with Crippen LogP contribution in [0.4, 0.5) is 10.5 Å². The van der Waals surface area contributed by atoms with Gasteiger partial charge >= 0.3 is 12.1 Å². The smallest absolute Gasteiger partial charge is 0.412 e. The molecule has 6 heteroatoms. The zero-order valence-electron chi connectivity index (χ0n) is 17.6. The second kappa shape index (κ2) is 13.0. The summed E-state index contributed by atoms with van der Waals surface area (Å²) in [6.45, 7) is 7.76. The molecule has 0 fully saturated rings. The molecule has 1 aromatic rings. The van der Waals surface area contributed by atoms with Crippen LogP contribution in [0.1, 0.15) is 77.7 Å². The molecule has 0 aliphatic rings. The number of hydrogen-bond acceptors (Lipinski definition) is 4. The van der Waals surface area contributed by atoms with Crippen molar-refractivity contribution in [3.63, 3.8) is 0 Å².